The molecule has 1 saturated carbocycles. The van der Waals surface area contributed by atoms with Crippen LogP contribution >= 0.6 is 24.0 Å². The molecule has 1 saturated heterocycles. The minimum Gasteiger partial charge on any atom is -0.334 e. The van der Waals surface area contributed by atoms with Gasteiger partial charge in [0.2, 0.25) is 0 Å². The lowest BCUT2D eigenvalue weighted by Gasteiger charge is -2.25. The van der Waals surface area contributed by atoms with Crippen molar-refractivity contribution in [1.29, 1.82) is 0 Å². The van der Waals surface area contributed by atoms with Crippen molar-refractivity contribution in [2.24, 2.45) is 0 Å². The van der Waals surface area contributed by atoms with E-state index in [1.807, 2.05) is 35.4 Å². The number of rotatable bonds is 5. The van der Waals surface area contributed by atoms with Gasteiger partial charge in [0.25, 0.3) is 5.91 Å². The first-order valence-electron chi connectivity index (χ1n) is 8.56. The van der Waals surface area contributed by atoms with Crippen molar-refractivity contribution in [2.75, 3.05) is 13.1 Å². The highest BCUT2D eigenvalue weighted by Gasteiger charge is 2.35. The third-order valence-corrected chi connectivity index (χ3v) is 5.00. The number of hydrogen-bond donors (Lipinski definition) is 1. The van der Waals surface area contributed by atoms with Gasteiger partial charge in [-0.3, -0.25) is 4.79 Å². The van der Waals surface area contributed by atoms with Crippen LogP contribution in [0.15, 0.2) is 36.7 Å². The normalized spacial score (nSPS) is 19.5. The summed E-state index contributed by atoms with van der Waals surface area (Å²) in [7, 11) is 0. The van der Waals surface area contributed by atoms with Crippen LogP contribution in [0.3, 0.4) is 0 Å². The number of carbonyl (C=O) groups excluding carboxylic acids is 1. The number of halogens is 2. The molecule has 0 bridgehead atoms. The Kier molecular flexibility index (Phi) is 5.67. The molecule has 134 valence electrons. The molecule has 1 aliphatic carbocycles. The van der Waals surface area contributed by atoms with E-state index in [-0.39, 0.29) is 18.3 Å². The lowest BCUT2D eigenvalue weighted by Crippen LogP contribution is -2.42. The monoisotopic (exact) mass is 380 g/mol. The van der Waals surface area contributed by atoms with Gasteiger partial charge < -0.3 is 10.2 Å². The summed E-state index contributed by atoms with van der Waals surface area (Å²) in [5.74, 6) is 0.0893. The van der Waals surface area contributed by atoms with E-state index < -0.39 is 0 Å². The highest BCUT2D eigenvalue weighted by Crippen LogP contribution is 2.29. The van der Waals surface area contributed by atoms with E-state index in [0.717, 1.165) is 38.0 Å². The van der Waals surface area contributed by atoms with Gasteiger partial charge in [-0.05, 0) is 56.5 Å². The minimum atomic E-state index is 0. The summed E-state index contributed by atoms with van der Waals surface area (Å²) in [5.41, 5.74) is 1.55. The quantitative estimate of drug-likeness (QED) is 0.865. The molecule has 1 atom stereocenters. The fourth-order valence-electron chi connectivity index (χ4n) is 3.27. The molecule has 1 aromatic heterocycles. The molecule has 0 spiro atoms. The summed E-state index contributed by atoms with van der Waals surface area (Å²) in [6.45, 7) is 1.86. The van der Waals surface area contributed by atoms with Gasteiger partial charge in [-0.25, -0.2) is 4.68 Å². The zero-order valence-electron chi connectivity index (χ0n) is 13.9. The first-order chi connectivity index (χ1) is 11.7. The van der Waals surface area contributed by atoms with Crippen LogP contribution in [-0.4, -0.2) is 45.8 Å². The largest absolute Gasteiger partial charge is 0.334 e. The summed E-state index contributed by atoms with van der Waals surface area (Å²) in [6, 6.07) is 8.26. The van der Waals surface area contributed by atoms with Gasteiger partial charge >= 0.3 is 0 Å². The van der Waals surface area contributed by atoms with Crippen molar-refractivity contribution >= 4 is 29.9 Å². The molecular weight excluding hydrogens is 359 g/mol. The Morgan fingerprint density at radius 3 is 2.68 bits per heavy atom. The zero-order chi connectivity index (χ0) is 16.5. The SMILES string of the molecule is Cl.O=C(c1cnn(-c2ccc(Cl)cc2)c1)N(CC1CCCN1)C1CC1. The van der Waals surface area contributed by atoms with Gasteiger partial charge in [-0.1, -0.05) is 11.6 Å². The number of benzene rings is 1. The Balaban J connectivity index is 0.00000182. The molecule has 1 aliphatic heterocycles. The van der Waals surface area contributed by atoms with E-state index >= 15 is 0 Å². The maximum absolute atomic E-state index is 12.9. The second kappa shape index (κ2) is 7.77. The van der Waals surface area contributed by atoms with Gasteiger partial charge in [0, 0.05) is 29.8 Å². The average molecular weight is 381 g/mol. The highest BCUT2D eigenvalue weighted by molar-refractivity contribution is 6.30. The van der Waals surface area contributed by atoms with Crippen LogP contribution in [0.25, 0.3) is 5.69 Å². The summed E-state index contributed by atoms with van der Waals surface area (Å²) in [5, 5.41) is 8.51. The topological polar surface area (TPSA) is 50.2 Å². The lowest BCUT2D eigenvalue weighted by molar-refractivity contribution is 0.0728. The van der Waals surface area contributed by atoms with Crippen LogP contribution in [0.5, 0.6) is 0 Å². The van der Waals surface area contributed by atoms with Crippen molar-refractivity contribution in [3.05, 3.63) is 47.2 Å². The molecule has 25 heavy (non-hydrogen) atoms. The molecule has 1 unspecified atom stereocenters. The summed E-state index contributed by atoms with van der Waals surface area (Å²) >= 11 is 5.92. The standard InChI is InChI=1S/C18H21ClN4O.ClH/c19-14-3-5-17(6-4-14)23-11-13(10-21-23)18(24)22(16-7-8-16)12-15-2-1-9-20-15;/h3-6,10-11,15-16,20H,1-2,7-9,12H2;1H. The third kappa shape index (κ3) is 4.17. The molecule has 0 radical (unpaired) electrons. The van der Waals surface area contributed by atoms with Crippen molar-refractivity contribution in [2.45, 2.75) is 37.8 Å². The van der Waals surface area contributed by atoms with Gasteiger partial charge in [-0.2, -0.15) is 5.10 Å². The highest BCUT2D eigenvalue weighted by atomic mass is 35.5. The fraction of sp³-hybridized carbons (Fsp3) is 0.444. The van der Waals surface area contributed by atoms with Crippen LogP contribution < -0.4 is 5.32 Å². The first kappa shape index (κ1) is 18.2. The van der Waals surface area contributed by atoms with E-state index in [4.69, 9.17) is 11.6 Å². The maximum Gasteiger partial charge on any atom is 0.257 e. The molecular formula is C18H22Cl2N4O. The summed E-state index contributed by atoms with van der Waals surface area (Å²) in [6.07, 6.45) is 8.05. The Hall–Kier alpha value is -1.56. The Morgan fingerprint density at radius 2 is 2.04 bits per heavy atom. The van der Waals surface area contributed by atoms with E-state index in [1.54, 1.807) is 10.9 Å². The molecule has 1 aromatic carbocycles. The molecule has 2 aliphatic rings. The molecule has 2 heterocycles. The van der Waals surface area contributed by atoms with Gasteiger partial charge in [0.05, 0.1) is 17.4 Å². The first-order valence-corrected chi connectivity index (χ1v) is 8.93. The van der Waals surface area contributed by atoms with Crippen molar-refractivity contribution in [3.63, 3.8) is 0 Å². The second-order valence-electron chi connectivity index (χ2n) is 6.63. The Bertz CT molecular complexity index is 721. The fourth-order valence-corrected chi connectivity index (χ4v) is 3.39. The van der Waals surface area contributed by atoms with Gasteiger partial charge in [-0.15, -0.1) is 12.4 Å². The van der Waals surface area contributed by atoms with Crippen molar-refractivity contribution in [1.82, 2.24) is 20.0 Å². The third-order valence-electron chi connectivity index (χ3n) is 4.75. The minimum absolute atomic E-state index is 0. The van der Waals surface area contributed by atoms with Crippen LogP contribution in [0, 0.1) is 0 Å². The smallest absolute Gasteiger partial charge is 0.257 e. The zero-order valence-corrected chi connectivity index (χ0v) is 15.5. The van der Waals surface area contributed by atoms with Crippen molar-refractivity contribution in [3.8, 4) is 5.69 Å². The molecule has 7 heteroatoms. The van der Waals surface area contributed by atoms with Crippen LogP contribution in [0.1, 0.15) is 36.0 Å². The second-order valence-corrected chi connectivity index (χ2v) is 7.07. The van der Waals surface area contributed by atoms with E-state index in [9.17, 15) is 4.79 Å². The maximum atomic E-state index is 12.9. The van der Waals surface area contributed by atoms with E-state index in [0.29, 0.717) is 22.7 Å². The number of aromatic nitrogens is 2. The Morgan fingerprint density at radius 1 is 1.28 bits per heavy atom. The molecule has 4 rings (SSSR count). The number of carbonyl (C=O) groups is 1. The molecule has 2 fully saturated rings. The summed E-state index contributed by atoms with van der Waals surface area (Å²) in [4.78, 5) is 15.0. The Labute approximate surface area is 158 Å². The number of nitrogens with one attached hydrogen (secondary N) is 1. The average Bonchev–Trinajstić information content (AvgIpc) is 3.10. The van der Waals surface area contributed by atoms with Crippen molar-refractivity contribution < 1.29 is 4.79 Å². The predicted octanol–water partition coefficient (Wildman–Crippen LogP) is 3.30. The van der Waals surface area contributed by atoms with Gasteiger partial charge in [0.1, 0.15) is 0 Å². The molecule has 1 amide bonds. The number of nitrogens with zero attached hydrogens (tertiary/aromatic N) is 3. The molecule has 2 aromatic rings. The van der Waals surface area contributed by atoms with E-state index in [2.05, 4.69) is 10.4 Å². The number of amides is 1. The van der Waals surface area contributed by atoms with Crippen LogP contribution in [0.4, 0.5) is 0 Å². The number of hydrogen-bond acceptors (Lipinski definition) is 3. The van der Waals surface area contributed by atoms with Gasteiger partial charge in [0.15, 0.2) is 0 Å². The lowest BCUT2D eigenvalue weighted by atomic mass is 10.2. The molecule has 5 nitrogen and oxygen atoms in total. The predicted molar refractivity (Wildman–Crippen MR) is 101 cm³/mol. The summed E-state index contributed by atoms with van der Waals surface area (Å²) < 4.78 is 1.72. The molecule has 1 N–H and O–H groups in total. The van der Waals surface area contributed by atoms with Crippen LogP contribution in [0.2, 0.25) is 5.02 Å². The van der Waals surface area contributed by atoms with Crippen LogP contribution in [-0.2, 0) is 0 Å². The van der Waals surface area contributed by atoms with E-state index in [1.165, 1.54) is 6.42 Å².